The van der Waals surface area contributed by atoms with Gasteiger partial charge in [-0.1, -0.05) is 6.07 Å². The number of rotatable bonds is 4. The molecule has 1 N–H and O–H groups in total. The van der Waals surface area contributed by atoms with Gasteiger partial charge >= 0.3 is 0 Å². The largest absolute Gasteiger partial charge is 0.494 e. The van der Waals surface area contributed by atoms with E-state index in [0.717, 1.165) is 10.9 Å². The van der Waals surface area contributed by atoms with E-state index < -0.39 is 0 Å². The summed E-state index contributed by atoms with van der Waals surface area (Å²) in [5.74, 6) is 0.348. The summed E-state index contributed by atoms with van der Waals surface area (Å²) >= 11 is 0. The van der Waals surface area contributed by atoms with Crippen molar-refractivity contribution in [1.29, 1.82) is 5.26 Å². The molecule has 4 nitrogen and oxygen atoms in total. The molecule has 0 aliphatic carbocycles. The molecule has 1 aromatic heterocycles. The van der Waals surface area contributed by atoms with Crippen LogP contribution in [0.15, 0.2) is 48.7 Å². The third-order valence-electron chi connectivity index (χ3n) is 3.36. The Hall–Kier alpha value is -2.84. The first kappa shape index (κ1) is 17.5. The van der Waals surface area contributed by atoms with E-state index in [1.54, 1.807) is 12.1 Å². The number of anilines is 2. The average Bonchev–Trinajstić information content (AvgIpc) is 2.56. The molecule has 0 aliphatic rings. The smallest absolute Gasteiger partial charge is 0.125 e. The predicted molar refractivity (Wildman–Crippen MR) is 94.6 cm³/mol. The van der Waals surface area contributed by atoms with Gasteiger partial charge in [0.2, 0.25) is 0 Å². The van der Waals surface area contributed by atoms with Gasteiger partial charge in [-0.3, -0.25) is 4.98 Å². The summed E-state index contributed by atoms with van der Waals surface area (Å²) in [6, 6.07) is 13.7. The monoisotopic (exact) mass is 343 g/mol. The number of hydrogen-bond donors (Lipinski definition) is 1. The second-order valence-electron chi connectivity index (χ2n) is 4.91. The topological polar surface area (TPSA) is 57.9 Å². The average molecular weight is 344 g/mol. The molecule has 0 bridgehead atoms. The van der Waals surface area contributed by atoms with Crippen LogP contribution in [0.5, 0.6) is 5.75 Å². The fraction of sp³-hybridized carbons (Fsp3) is 0.111. The Morgan fingerprint density at radius 2 is 2.08 bits per heavy atom. The summed E-state index contributed by atoms with van der Waals surface area (Å²) in [6.45, 7) is 2.45. The summed E-state index contributed by atoms with van der Waals surface area (Å²) in [5.41, 5.74) is 2.27. The first-order valence-electron chi connectivity index (χ1n) is 7.19. The van der Waals surface area contributed by atoms with Gasteiger partial charge in [0.25, 0.3) is 0 Å². The molecule has 122 valence electrons. The molecule has 3 rings (SSSR count). The predicted octanol–water partition coefficient (Wildman–Crippen LogP) is 4.81. The van der Waals surface area contributed by atoms with E-state index in [-0.39, 0.29) is 18.2 Å². The molecule has 0 radical (unpaired) electrons. The van der Waals surface area contributed by atoms with Crippen molar-refractivity contribution in [3.8, 4) is 11.8 Å². The summed E-state index contributed by atoms with van der Waals surface area (Å²) in [6.07, 6.45) is 1.50. The highest BCUT2D eigenvalue weighted by Gasteiger charge is 2.11. The molecule has 0 spiro atoms. The number of nitrogens with zero attached hydrogens (tertiary/aromatic N) is 2. The van der Waals surface area contributed by atoms with Gasteiger partial charge in [0, 0.05) is 17.3 Å². The third-order valence-corrected chi connectivity index (χ3v) is 3.36. The maximum atomic E-state index is 13.4. The van der Waals surface area contributed by atoms with Crippen LogP contribution in [-0.2, 0) is 0 Å². The summed E-state index contributed by atoms with van der Waals surface area (Å²) in [7, 11) is 0. The van der Waals surface area contributed by atoms with Crippen LogP contribution in [0.4, 0.5) is 15.8 Å². The number of ether oxygens (including phenoxy) is 1. The van der Waals surface area contributed by atoms with E-state index >= 15 is 0 Å². The van der Waals surface area contributed by atoms with Gasteiger partial charge in [-0.2, -0.15) is 5.26 Å². The zero-order chi connectivity index (χ0) is 16.2. The Morgan fingerprint density at radius 3 is 2.79 bits per heavy atom. The van der Waals surface area contributed by atoms with Crippen molar-refractivity contribution in [1.82, 2.24) is 4.98 Å². The van der Waals surface area contributed by atoms with Crippen molar-refractivity contribution in [2.75, 3.05) is 11.9 Å². The van der Waals surface area contributed by atoms with Crippen molar-refractivity contribution in [2.45, 2.75) is 6.92 Å². The highest BCUT2D eigenvalue weighted by Crippen LogP contribution is 2.31. The van der Waals surface area contributed by atoms with E-state index in [0.29, 0.717) is 29.3 Å². The van der Waals surface area contributed by atoms with Gasteiger partial charge in [0.15, 0.2) is 0 Å². The van der Waals surface area contributed by atoms with E-state index in [2.05, 4.69) is 16.4 Å². The highest BCUT2D eigenvalue weighted by atomic mass is 35.5. The van der Waals surface area contributed by atoms with Crippen LogP contribution in [0.25, 0.3) is 10.9 Å². The van der Waals surface area contributed by atoms with Crippen LogP contribution in [0.3, 0.4) is 0 Å². The summed E-state index contributed by atoms with van der Waals surface area (Å²) in [4.78, 5) is 4.28. The molecular weight excluding hydrogens is 329 g/mol. The minimum Gasteiger partial charge on any atom is -0.494 e. The zero-order valence-electron chi connectivity index (χ0n) is 12.9. The maximum absolute atomic E-state index is 13.4. The SMILES string of the molecule is CCOc1ccc2ncc(C#N)c(Nc3cccc(F)c3)c2c1.Cl. The lowest BCUT2D eigenvalue weighted by Crippen LogP contribution is -1.98. The molecule has 0 amide bonds. The van der Waals surface area contributed by atoms with Gasteiger partial charge in [-0.05, 0) is 43.3 Å². The molecule has 1 heterocycles. The minimum absolute atomic E-state index is 0. The van der Waals surface area contributed by atoms with Crippen LogP contribution in [0.2, 0.25) is 0 Å². The number of nitrogens with one attached hydrogen (secondary N) is 1. The lowest BCUT2D eigenvalue weighted by Gasteiger charge is -2.12. The van der Waals surface area contributed by atoms with Crippen molar-refractivity contribution in [2.24, 2.45) is 0 Å². The maximum Gasteiger partial charge on any atom is 0.125 e. The molecule has 0 atom stereocenters. The Labute approximate surface area is 145 Å². The Morgan fingerprint density at radius 1 is 1.25 bits per heavy atom. The summed E-state index contributed by atoms with van der Waals surface area (Å²) < 4.78 is 18.9. The van der Waals surface area contributed by atoms with E-state index in [1.807, 2.05) is 25.1 Å². The fourth-order valence-electron chi connectivity index (χ4n) is 2.36. The quantitative estimate of drug-likeness (QED) is 0.738. The summed E-state index contributed by atoms with van der Waals surface area (Å²) in [5, 5.41) is 13.2. The number of pyridine rings is 1. The van der Waals surface area contributed by atoms with Crippen molar-refractivity contribution in [3.63, 3.8) is 0 Å². The highest BCUT2D eigenvalue weighted by molar-refractivity contribution is 5.96. The Kier molecular flexibility index (Phi) is 5.56. The number of hydrogen-bond acceptors (Lipinski definition) is 4. The number of halogens is 2. The van der Waals surface area contributed by atoms with Gasteiger partial charge in [0.1, 0.15) is 17.6 Å². The van der Waals surface area contributed by atoms with E-state index in [1.165, 1.54) is 18.3 Å². The molecule has 6 heteroatoms. The Balaban J connectivity index is 0.00000208. The lowest BCUT2D eigenvalue weighted by molar-refractivity contribution is 0.340. The standard InChI is InChI=1S/C18H14FN3O.ClH/c1-2-23-15-6-7-17-16(9-15)18(12(10-20)11-21-17)22-14-5-3-4-13(19)8-14;/h3-9,11H,2H2,1H3,(H,21,22);1H. The first-order valence-corrected chi connectivity index (χ1v) is 7.19. The molecule has 0 saturated heterocycles. The van der Waals surface area contributed by atoms with Gasteiger partial charge in [-0.15, -0.1) is 12.4 Å². The molecule has 0 saturated carbocycles. The van der Waals surface area contributed by atoms with Gasteiger partial charge in [0.05, 0.1) is 23.4 Å². The molecule has 24 heavy (non-hydrogen) atoms. The van der Waals surface area contributed by atoms with Crippen molar-refractivity contribution < 1.29 is 9.13 Å². The second-order valence-corrected chi connectivity index (χ2v) is 4.91. The zero-order valence-corrected chi connectivity index (χ0v) is 13.7. The van der Waals surface area contributed by atoms with Crippen molar-refractivity contribution >= 4 is 34.7 Å². The molecule has 0 aliphatic heterocycles. The molecule has 3 aromatic rings. The van der Waals surface area contributed by atoms with Crippen LogP contribution in [-0.4, -0.2) is 11.6 Å². The number of benzene rings is 2. The minimum atomic E-state index is -0.345. The lowest BCUT2D eigenvalue weighted by atomic mass is 10.1. The van der Waals surface area contributed by atoms with E-state index in [9.17, 15) is 9.65 Å². The van der Waals surface area contributed by atoms with Crippen LogP contribution in [0, 0.1) is 17.1 Å². The molecule has 0 unspecified atom stereocenters. The van der Waals surface area contributed by atoms with Gasteiger partial charge in [-0.25, -0.2) is 4.39 Å². The number of fused-ring (bicyclic) bond motifs is 1. The normalized spacial score (nSPS) is 9.88. The number of aromatic nitrogens is 1. The van der Waals surface area contributed by atoms with E-state index in [4.69, 9.17) is 4.74 Å². The fourth-order valence-corrected chi connectivity index (χ4v) is 2.36. The first-order chi connectivity index (χ1) is 11.2. The van der Waals surface area contributed by atoms with Crippen LogP contribution in [0.1, 0.15) is 12.5 Å². The second kappa shape index (κ2) is 7.62. The molecular formula is C18H15ClFN3O. The van der Waals surface area contributed by atoms with Crippen LogP contribution < -0.4 is 10.1 Å². The number of nitriles is 1. The molecule has 0 fully saturated rings. The van der Waals surface area contributed by atoms with Crippen molar-refractivity contribution in [3.05, 3.63) is 60.0 Å². The Bertz CT molecular complexity index is 908. The molecule has 2 aromatic carbocycles. The van der Waals surface area contributed by atoms with Crippen LogP contribution >= 0.6 is 12.4 Å². The third kappa shape index (κ3) is 3.55. The van der Waals surface area contributed by atoms with Gasteiger partial charge < -0.3 is 10.1 Å².